The molecule has 0 bridgehead atoms. The molecule has 0 saturated heterocycles. The van der Waals surface area contributed by atoms with E-state index in [-0.39, 0.29) is 0 Å². The maximum Gasteiger partial charge on any atom is 0.113 e. The fourth-order valence-corrected chi connectivity index (χ4v) is 14.7. The average molecular weight is 662 g/mol. The van der Waals surface area contributed by atoms with Crippen LogP contribution in [0.15, 0.2) is 164 Å². The van der Waals surface area contributed by atoms with Crippen molar-refractivity contribution in [1.29, 1.82) is 0 Å². The first-order chi connectivity index (χ1) is 23.8. The standard InChI is InChI=1S/C46H39NSi2/c1-48(2)42-20-12-11-18-39(42)40-28-26-36(30-44(40)48)47(35-24-22-33(23-25-35)32-14-7-5-8-15-32)37-27-29-41-45(31-37)49(3,4)43-21-13-19-38(46(41)43)34-16-9-6-10-17-34/h5-31H,1-4H3. The molecule has 0 N–H and O–H groups in total. The average Bonchev–Trinajstić information content (AvgIpc) is 3.52. The van der Waals surface area contributed by atoms with Gasteiger partial charge in [-0.2, -0.15) is 0 Å². The Morgan fingerprint density at radius 1 is 0.327 bits per heavy atom. The molecular formula is C46H39NSi2. The summed E-state index contributed by atoms with van der Waals surface area (Å²) in [6.45, 7) is 10.1. The fraction of sp³-hybridized carbons (Fsp3) is 0.0870. The number of fused-ring (bicyclic) bond motifs is 6. The van der Waals surface area contributed by atoms with Crippen molar-refractivity contribution in [3.8, 4) is 44.5 Å². The lowest BCUT2D eigenvalue weighted by atomic mass is 9.94. The molecular weight excluding hydrogens is 623 g/mol. The second-order valence-electron chi connectivity index (χ2n) is 14.6. The van der Waals surface area contributed by atoms with Crippen molar-refractivity contribution in [2.24, 2.45) is 0 Å². The molecule has 7 aromatic rings. The van der Waals surface area contributed by atoms with E-state index in [1.54, 1.807) is 0 Å². The highest BCUT2D eigenvalue weighted by Crippen LogP contribution is 2.42. The van der Waals surface area contributed by atoms with E-state index >= 15 is 0 Å². The summed E-state index contributed by atoms with van der Waals surface area (Å²) in [7, 11) is -3.84. The fourth-order valence-electron chi connectivity index (χ4n) is 8.49. The van der Waals surface area contributed by atoms with Crippen LogP contribution in [-0.2, 0) is 0 Å². The zero-order valence-corrected chi connectivity index (χ0v) is 30.5. The highest BCUT2D eigenvalue weighted by atomic mass is 28.3. The van der Waals surface area contributed by atoms with Gasteiger partial charge in [0.25, 0.3) is 0 Å². The summed E-state index contributed by atoms with van der Waals surface area (Å²) in [5.41, 5.74) is 14.3. The minimum atomic E-state index is -1.98. The van der Waals surface area contributed by atoms with Crippen LogP contribution in [0.5, 0.6) is 0 Å². The smallest absolute Gasteiger partial charge is 0.113 e. The molecule has 0 fully saturated rings. The molecule has 3 heteroatoms. The van der Waals surface area contributed by atoms with Crippen molar-refractivity contribution in [1.82, 2.24) is 0 Å². The van der Waals surface area contributed by atoms with Crippen LogP contribution in [0.1, 0.15) is 0 Å². The van der Waals surface area contributed by atoms with Gasteiger partial charge in [-0.25, -0.2) is 0 Å². The maximum atomic E-state index is 2.52. The highest BCUT2D eigenvalue weighted by Gasteiger charge is 2.40. The van der Waals surface area contributed by atoms with Gasteiger partial charge in [0.1, 0.15) is 16.1 Å². The molecule has 0 unspecified atom stereocenters. The van der Waals surface area contributed by atoms with Gasteiger partial charge in [-0.1, -0.05) is 154 Å². The van der Waals surface area contributed by atoms with Crippen LogP contribution in [-0.4, -0.2) is 16.1 Å². The van der Waals surface area contributed by atoms with E-state index in [4.69, 9.17) is 0 Å². The van der Waals surface area contributed by atoms with Gasteiger partial charge in [-0.15, -0.1) is 0 Å². The van der Waals surface area contributed by atoms with Gasteiger partial charge in [-0.05, 0) is 102 Å². The minimum Gasteiger partial charge on any atom is -0.311 e. The van der Waals surface area contributed by atoms with Crippen LogP contribution in [0.4, 0.5) is 17.1 Å². The molecule has 7 aromatic carbocycles. The van der Waals surface area contributed by atoms with Crippen molar-refractivity contribution in [3.63, 3.8) is 0 Å². The Bertz CT molecular complexity index is 2370. The zero-order chi connectivity index (χ0) is 33.3. The Balaban J connectivity index is 1.22. The van der Waals surface area contributed by atoms with Crippen molar-refractivity contribution in [2.45, 2.75) is 26.2 Å². The van der Waals surface area contributed by atoms with E-state index in [0.717, 1.165) is 0 Å². The molecule has 0 radical (unpaired) electrons. The molecule has 2 heterocycles. The van der Waals surface area contributed by atoms with E-state index in [9.17, 15) is 0 Å². The molecule has 0 amide bonds. The first-order valence-electron chi connectivity index (χ1n) is 17.4. The molecule has 0 aliphatic carbocycles. The first kappa shape index (κ1) is 29.9. The van der Waals surface area contributed by atoms with Gasteiger partial charge in [0.05, 0.1) is 0 Å². The number of rotatable bonds is 5. The quantitative estimate of drug-likeness (QED) is 0.166. The summed E-state index contributed by atoms with van der Waals surface area (Å²) < 4.78 is 0. The van der Waals surface area contributed by atoms with Crippen molar-refractivity contribution < 1.29 is 0 Å². The van der Waals surface area contributed by atoms with Crippen LogP contribution in [0.3, 0.4) is 0 Å². The Kier molecular flexibility index (Phi) is 6.81. The normalized spacial score (nSPS) is 14.4. The SMILES string of the molecule is C[Si]1(C)c2ccccc2-c2ccc(N(c3ccc(-c4ccccc4)cc3)c3ccc4c(c3)[Si](C)(C)c3cccc(-c5ccccc5)c3-4)cc21. The lowest BCUT2D eigenvalue weighted by Gasteiger charge is -2.29. The Labute approximate surface area is 292 Å². The summed E-state index contributed by atoms with van der Waals surface area (Å²) in [5, 5.41) is 6.10. The molecule has 2 aliphatic heterocycles. The van der Waals surface area contributed by atoms with Crippen LogP contribution in [0, 0.1) is 0 Å². The first-order valence-corrected chi connectivity index (χ1v) is 23.4. The van der Waals surface area contributed by atoms with E-state index in [1.165, 1.54) is 82.3 Å². The number of nitrogens with zero attached hydrogens (tertiary/aromatic N) is 1. The van der Waals surface area contributed by atoms with Gasteiger partial charge >= 0.3 is 0 Å². The molecule has 2 aliphatic rings. The number of hydrogen-bond acceptors (Lipinski definition) is 1. The largest absolute Gasteiger partial charge is 0.311 e. The van der Waals surface area contributed by atoms with Crippen molar-refractivity contribution >= 4 is 54.0 Å². The lowest BCUT2D eigenvalue weighted by Crippen LogP contribution is -2.49. The summed E-state index contributed by atoms with van der Waals surface area (Å²) in [6.07, 6.45) is 0. The second kappa shape index (κ2) is 11.2. The third-order valence-electron chi connectivity index (χ3n) is 11.1. The van der Waals surface area contributed by atoms with Gasteiger partial charge in [0, 0.05) is 17.1 Å². The van der Waals surface area contributed by atoms with Crippen LogP contribution in [0.25, 0.3) is 44.5 Å². The third kappa shape index (κ3) is 4.64. The molecule has 0 atom stereocenters. The van der Waals surface area contributed by atoms with E-state index < -0.39 is 16.1 Å². The van der Waals surface area contributed by atoms with Gasteiger partial charge in [0.15, 0.2) is 0 Å². The molecule has 1 nitrogen and oxygen atoms in total. The van der Waals surface area contributed by atoms with Crippen LogP contribution in [0.2, 0.25) is 26.2 Å². The van der Waals surface area contributed by atoms with Gasteiger partial charge < -0.3 is 4.90 Å². The van der Waals surface area contributed by atoms with Gasteiger partial charge in [0.2, 0.25) is 0 Å². The Hall–Kier alpha value is -5.23. The molecule has 0 spiro atoms. The number of anilines is 3. The monoisotopic (exact) mass is 661 g/mol. The molecule has 236 valence electrons. The molecule has 0 aromatic heterocycles. The topological polar surface area (TPSA) is 3.24 Å². The lowest BCUT2D eigenvalue weighted by molar-refractivity contribution is 1.29. The molecule has 0 saturated carbocycles. The zero-order valence-electron chi connectivity index (χ0n) is 28.5. The van der Waals surface area contributed by atoms with Crippen LogP contribution >= 0.6 is 0 Å². The Morgan fingerprint density at radius 2 is 0.796 bits per heavy atom. The molecule has 49 heavy (non-hydrogen) atoms. The predicted octanol–water partition coefficient (Wildman–Crippen LogP) is 10.1. The third-order valence-corrected chi connectivity index (χ3v) is 18.2. The molecule has 9 rings (SSSR count). The second-order valence-corrected chi connectivity index (χ2v) is 23.3. The van der Waals surface area contributed by atoms with E-state index in [0.29, 0.717) is 0 Å². The van der Waals surface area contributed by atoms with Crippen LogP contribution < -0.4 is 25.6 Å². The highest BCUT2D eigenvalue weighted by molar-refractivity contribution is 7.04. The minimum absolute atomic E-state index is 1.18. The number of hydrogen-bond donors (Lipinski definition) is 0. The number of benzene rings is 7. The summed E-state index contributed by atoms with van der Waals surface area (Å²) in [5.74, 6) is 0. The van der Waals surface area contributed by atoms with Crippen molar-refractivity contribution in [2.75, 3.05) is 4.90 Å². The maximum absolute atomic E-state index is 2.52. The summed E-state index contributed by atoms with van der Waals surface area (Å²) in [4.78, 5) is 2.49. The van der Waals surface area contributed by atoms with E-state index in [2.05, 4.69) is 195 Å². The summed E-state index contributed by atoms with van der Waals surface area (Å²) >= 11 is 0. The van der Waals surface area contributed by atoms with Crippen molar-refractivity contribution in [3.05, 3.63) is 164 Å². The predicted molar refractivity (Wildman–Crippen MR) is 216 cm³/mol. The Morgan fingerprint density at radius 3 is 1.49 bits per heavy atom. The van der Waals surface area contributed by atoms with E-state index in [1.807, 2.05) is 0 Å². The van der Waals surface area contributed by atoms with Gasteiger partial charge in [-0.3, -0.25) is 0 Å². The summed E-state index contributed by atoms with van der Waals surface area (Å²) in [6, 6.07) is 61.2.